The Balaban J connectivity index is 1.00. The van der Waals surface area contributed by atoms with Crippen LogP contribution in [0.3, 0.4) is 0 Å². The van der Waals surface area contributed by atoms with Gasteiger partial charge in [0.25, 0.3) is 0 Å². The molecule has 0 N–H and O–H groups in total. The monoisotopic (exact) mass is 985 g/mol. The van der Waals surface area contributed by atoms with Crippen LogP contribution in [-0.4, -0.2) is 24.3 Å². The maximum Gasteiger partial charge on any atom is 0.147 e. The minimum Gasteiger partial charge on any atom is -0.292 e. The van der Waals surface area contributed by atoms with Gasteiger partial charge in [-0.05, 0) is 190 Å². The Hall–Kier alpha value is -9.84. The third-order valence-electron chi connectivity index (χ3n) is 15.7. The molecule has 0 unspecified atom stereocenters. The number of fused-ring (bicyclic) bond motifs is 9. The van der Waals surface area contributed by atoms with Crippen LogP contribution in [0.2, 0.25) is 0 Å². The molecule has 0 saturated carbocycles. The number of aryl methyl sites for hydroxylation is 4. The second kappa shape index (κ2) is 18.5. The molecule has 0 aliphatic rings. The van der Waals surface area contributed by atoms with E-state index in [-0.39, 0.29) is 0 Å². The number of imidazole rings is 1. The molecular formula is C72H51N5. The first-order valence-electron chi connectivity index (χ1n) is 26.3. The highest BCUT2D eigenvalue weighted by molar-refractivity contribution is 6.15. The molecule has 0 fully saturated rings. The fraction of sp³-hybridized carbons (Fsp3) is 0.0556. The third kappa shape index (κ3) is 8.03. The smallest absolute Gasteiger partial charge is 0.147 e. The highest BCUT2D eigenvalue weighted by atomic mass is 15.0. The molecule has 14 rings (SSSR count). The van der Waals surface area contributed by atoms with E-state index in [1.807, 2.05) is 36.7 Å². The van der Waals surface area contributed by atoms with Gasteiger partial charge in [-0.1, -0.05) is 152 Å². The molecule has 364 valence electrons. The Morgan fingerprint density at radius 3 is 1.34 bits per heavy atom. The number of pyridine rings is 4. The van der Waals surface area contributed by atoms with E-state index in [1.165, 1.54) is 33.4 Å². The minimum absolute atomic E-state index is 0.905. The normalized spacial score (nSPS) is 11.6. The Labute approximate surface area is 447 Å². The van der Waals surface area contributed by atoms with Gasteiger partial charge in [0.15, 0.2) is 0 Å². The van der Waals surface area contributed by atoms with E-state index in [9.17, 15) is 0 Å². The first-order chi connectivity index (χ1) is 37.8. The quantitative estimate of drug-likeness (QED) is 0.112. The van der Waals surface area contributed by atoms with Crippen molar-refractivity contribution >= 4 is 49.4 Å². The van der Waals surface area contributed by atoms with E-state index in [4.69, 9.17) is 9.97 Å². The summed E-state index contributed by atoms with van der Waals surface area (Å²) in [6.07, 6.45) is 3.70. The summed E-state index contributed by atoms with van der Waals surface area (Å²) in [4.78, 5) is 19.9. The Morgan fingerprint density at radius 2 is 0.753 bits per heavy atom. The molecule has 0 aliphatic heterocycles. The van der Waals surface area contributed by atoms with Crippen LogP contribution in [0.1, 0.15) is 22.3 Å². The fourth-order valence-electron chi connectivity index (χ4n) is 11.4. The summed E-state index contributed by atoms with van der Waals surface area (Å²) in [5, 5.41) is 3.22. The third-order valence-corrected chi connectivity index (χ3v) is 15.7. The van der Waals surface area contributed by atoms with Crippen molar-refractivity contribution in [2.75, 3.05) is 0 Å². The highest BCUT2D eigenvalue weighted by Gasteiger charge is 2.21. The molecule has 0 spiro atoms. The van der Waals surface area contributed by atoms with Crippen molar-refractivity contribution in [1.29, 1.82) is 0 Å². The SMILES string of the molecule is Cc1cc(-c2ccc(-c3ccccn3)cc2)c(-c2cc(-c3ccccc3-c3ccc(-c4ccccn4)cc3)cc(-c3cc(C)c(C)cc3-c3ccc4c5nc6ccccc6cc5c5nc6ccccc6n5c4c3)c2)cc1C. The zero-order valence-electron chi connectivity index (χ0n) is 43.3. The van der Waals surface area contributed by atoms with Crippen molar-refractivity contribution in [3.05, 3.63) is 259 Å². The van der Waals surface area contributed by atoms with Crippen LogP contribution >= 0.6 is 0 Å². The minimum atomic E-state index is 0.905. The van der Waals surface area contributed by atoms with Crippen LogP contribution in [-0.2, 0) is 0 Å². The Kier molecular flexibility index (Phi) is 11.0. The lowest BCUT2D eigenvalue weighted by Gasteiger charge is -2.20. The van der Waals surface area contributed by atoms with Gasteiger partial charge in [-0.25, -0.2) is 9.97 Å². The van der Waals surface area contributed by atoms with Crippen LogP contribution in [0.15, 0.2) is 237 Å². The summed E-state index contributed by atoms with van der Waals surface area (Å²) in [5.74, 6) is 0. The number of para-hydroxylation sites is 3. The van der Waals surface area contributed by atoms with E-state index in [0.29, 0.717) is 0 Å². The number of hydrogen-bond acceptors (Lipinski definition) is 4. The lowest BCUT2D eigenvalue weighted by molar-refractivity contribution is 1.31. The van der Waals surface area contributed by atoms with Gasteiger partial charge >= 0.3 is 0 Å². The summed E-state index contributed by atoms with van der Waals surface area (Å²) < 4.78 is 2.34. The Morgan fingerprint density at radius 1 is 0.299 bits per heavy atom. The summed E-state index contributed by atoms with van der Waals surface area (Å²) in [6, 6.07) is 81.5. The van der Waals surface area contributed by atoms with E-state index in [0.717, 1.165) is 128 Å². The van der Waals surface area contributed by atoms with Crippen molar-refractivity contribution in [1.82, 2.24) is 24.3 Å². The predicted molar refractivity (Wildman–Crippen MR) is 321 cm³/mol. The lowest BCUT2D eigenvalue weighted by Crippen LogP contribution is -1.96. The van der Waals surface area contributed by atoms with Gasteiger partial charge in [0.1, 0.15) is 5.65 Å². The zero-order chi connectivity index (χ0) is 51.7. The van der Waals surface area contributed by atoms with Gasteiger partial charge in [-0.15, -0.1) is 0 Å². The average Bonchev–Trinajstić information content (AvgIpc) is 4.05. The van der Waals surface area contributed by atoms with Gasteiger partial charge in [-0.3, -0.25) is 14.4 Å². The van der Waals surface area contributed by atoms with Gasteiger partial charge in [0.2, 0.25) is 0 Å². The largest absolute Gasteiger partial charge is 0.292 e. The van der Waals surface area contributed by atoms with Crippen molar-refractivity contribution in [3.8, 4) is 89.3 Å². The van der Waals surface area contributed by atoms with E-state index < -0.39 is 0 Å². The van der Waals surface area contributed by atoms with Crippen LogP contribution in [0.5, 0.6) is 0 Å². The zero-order valence-corrected chi connectivity index (χ0v) is 43.3. The van der Waals surface area contributed by atoms with Crippen LogP contribution < -0.4 is 0 Å². The van der Waals surface area contributed by atoms with Crippen LogP contribution in [0, 0.1) is 27.7 Å². The molecule has 77 heavy (non-hydrogen) atoms. The first-order valence-corrected chi connectivity index (χ1v) is 26.3. The van der Waals surface area contributed by atoms with Crippen LogP contribution in [0.4, 0.5) is 0 Å². The van der Waals surface area contributed by atoms with E-state index in [1.54, 1.807) is 0 Å². The fourth-order valence-corrected chi connectivity index (χ4v) is 11.4. The second-order valence-electron chi connectivity index (χ2n) is 20.5. The molecule has 5 heteroatoms. The number of rotatable bonds is 8. The first kappa shape index (κ1) is 45.7. The average molecular weight is 986 g/mol. The Bertz CT molecular complexity index is 4630. The number of hydrogen-bond donors (Lipinski definition) is 0. The summed E-state index contributed by atoms with van der Waals surface area (Å²) in [6.45, 7) is 8.90. The molecule has 0 saturated heterocycles. The molecule has 5 nitrogen and oxygen atoms in total. The number of benzene rings is 9. The predicted octanol–water partition coefficient (Wildman–Crippen LogP) is 18.7. The van der Waals surface area contributed by atoms with Crippen LogP contribution in [0.25, 0.3) is 139 Å². The molecule has 5 heterocycles. The number of aromatic nitrogens is 5. The van der Waals surface area contributed by atoms with E-state index in [2.05, 4.69) is 242 Å². The molecule has 0 radical (unpaired) electrons. The number of nitrogens with zero attached hydrogens (tertiary/aromatic N) is 5. The molecule has 0 aliphatic carbocycles. The topological polar surface area (TPSA) is 56.0 Å². The van der Waals surface area contributed by atoms with Crippen molar-refractivity contribution < 1.29 is 0 Å². The molecule has 14 aromatic rings. The molecule has 0 amide bonds. The molecule has 9 aromatic carbocycles. The molecular weight excluding hydrogens is 935 g/mol. The van der Waals surface area contributed by atoms with E-state index >= 15 is 0 Å². The summed E-state index contributed by atoms with van der Waals surface area (Å²) in [7, 11) is 0. The summed E-state index contributed by atoms with van der Waals surface area (Å²) in [5.41, 5.74) is 28.8. The summed E-state index contributed by atoms with van der Waals surface area (Å²) >= 11 is 0. The molecule has 5 aromatic heterocycles. The standard InChI is InChI=1S/C72H51N5/c1-44-35-60(49-25-29-51(30-26-49)66-19-12-14-34-74-66)62(37-46(44)3)55-39-54(58-17-7-6-16-57(58)48-23-27-50(28-24-48)65-18-11-13-33-73-65)40-56(41-55)63-38-47(4)45(2)36-61(63)52-31-32-59-70(43-52)77-69-22-10-9-21-68(69)76-72(77)64-42-53-15-5-8-20-67(53)75-71(59)64/h5-43H,1-4H3. The van der Waals surface area contributed by atoms with Gasteiger partial charge in [0, 0.05) is 39.7 Å². The van der Waals surface area contributed by atoms with Crippen molar-refractivity contribution in [2.45, 2.75) is 27.7 Å². The highest BCUT2D eigenvalue weighted by Crippen LogP contribution is 2.45. The molecule has 0 atom stereocenters. The lowest BCUT2D eigenvalue weighted by atomic mass is 9.84. The van der Waals surface area contributed by atoms with Gasteiger partial charge in [-0.2, -0.15) is 0 Å². The van der Waals surface area contributed by atoms with Crippen molar-refractivity contribution in [2.24, 2.45) is 0 Å². The molecule has 0 bridgehead atoms. The van der Waals surface area contributed by atoms with Crippen molar-refractivity contribution in [3.63, 3.8) is 0 Å². The maximum absolute atomic E-state index is 5.34. The maximum atomic E-state index is 5.34. The van der Waals surface area contributed by atoms with Gasteiger partial charge in [0.05, 0.1) is 39.0 Å². The van der Waals surface area contributed by atoms with Gasteiger partial charge < -0.3 is 0 Å². The second-order valence-corrected chi connectivity index (χ2v) is 20.5.